The summed E-state index contributed by atoms with van der Waals surface area (Å²) in [5.74, 6) is -0.506. The van der Waals surface area contributed by atoms with E-state index in [-0.39, 0.29) is 6.03 Å². The highest BCUT2D eigenvalue weighted by Crippen LogP contribution is 2.31. The summed E-state index contributed by atoms with van der Waals surface area (Å²) in [6.07, 6.45) is 0. The first-order chi connectivity index (χ1) is 7.40. The Kier molecular flexibility index (Phi) is 2.11. The van der Waals surface area contributed by atoms with E-state index in [1.807, 2.05) is 13.8 Å². The number of nitrogens with one attached hydrogen (secondary N) is 2. The van der Waals surface area contributed by atoms with Crippen LogP contribution < -0.4 is 16.4 Å². The van der Waals surface area contributed by atoms with Gasteiger partial charge in [-0.15, -0.1) is 0 Å². The Balaban J connectivity index is 2.55. The van der Waals surface area contributed by atoms with Gasteiger partial charge in [-0.3, -0.25) is 4.79 Å². The summed E-state index contributed by atoms with van der Waals surface area (Å²) in [5, 5.41) is 5.45. The highest BCUT2D eigenvalue weighted by atomic mass is 16.2. The van der Waals surface area contributed by atoms with Gasteiger partial charge in [-0.2, -0.15) is 0 Å². The lowest BCUT2D eigenvalue weighted by Gasteiger charge is -2.33. The summed E-state index contributed by atoms with van der Waals surface area (Å²) in [5.41, 5.74) is 6.67. The van der Waals surface area contributed by atoms with Crippen molar-refractivity contribution in [2.75, 3.05) is 5.32 Å². The number of rotatable bonds is 1. The van der Waals surface area contributed by atoms with Crippen LogP contribution in [0.1, 0.15) is 29.8 Å². The second-order valence-corrected chi connectivity index (χ2v) is 4.33. The maximum Gasteiger partial charge on any atom is 0.319 e. The normalized spacial score (nSPS) is 17.0. The predicted octanol–water partition coefficient (Wildman–Crippen LogP) is 1.16. The third-order valence-electron chi connectivity index (χ3n) is 2.65. The van der Waals surface area contributed by atoms with E-state index in [9.17, 15) is 9.59 Å². The zero-order valence-electron chi connectivity index (χ0n) is 9.13. The van der Waals surface area contributed by atoms with Gasteiger partial charge < -0.3 is 16.4 Å². The number of fused-ring (bicyclic) bond motifs is 1. The SMILES string of the molecule is CC1(C)NC(=O)Nc2cc(C(N)=O)ccc21. The van der Waals surface area contributed by atoms with Crippen LogP contribution in [0.25, 0.3) is 0 Å². The standard InChI is InChI=1S/C11H13N3O2/c1-11(2)7-4-3-6(9(12)15)5-8(7)13-10(16)14-11/h3-5H,1-2H3,(H2,12,15)(H2,13,14,16). The van der Waals surface area contributed by atoms with Crippen molar-refractivity contribution in [2.45, 2.75) is 19.4 Å². The third-order valence-corrected chi connectivity index (χ3v) is 2.65. The zero-order chi connectivity index (χ0) is 11.9. The van der Waals surface area contributed by atoms with Gasteiger partial charge in [-0.1, -0.05) is 6.07 Å². The van der Waals surface area contributed by atoms with Crippen molar-refractivity contribution < 1.29 is 9.59 Å². The summed E-state index contributed by atoms with van der Waals surface area (Å²) in [7, 11) is 0. The Labute approximate surface area is 93.0 Å². The lowest BCUT2D eigenvalue weighted by atomic mass is 9.90. The molecule has 1 aliphatic heterocycles. The van der Waals surface area contributed by atoms with Crippen LogP contribution in [0.15, 0.2) is 18.2 Å². The molecule has 3 amide bonds. The summed E-state index contributed by atoms with van der Waals surface area (Å²) in [6, 6.07) is 4.77. The van der Waals surface area contributed by atoms with Crippen LogP contribution in [0, 0.1) is 0 Å². The third kappa shape index (κ3) is 1.60. The van der Waals surface area contributed by atoms with Gasteiger partial charge >= 0.3 is 6.03 Å². The van der Waals surface area contributed by atoms with Crippen LogP contribution in [0.3, 0.4) is 0 Å². The van der Waals surface area contributed by atoms with E-state index in [2.05, 4.69) is 10.6 Å². The number of benzene rings is 1. The number of urea groups is 1. The zero-order valence-corrected chi connectivity index (χ0v) is 9.13. The second-order valence-electron chi connectivity index (χ2n) is 4.33. The van der Waals surface area contributed by atoms with E-state index in [4.69, 9.17) is 5.73 Å². The van der Waals surface area contributed by atoms with Crippen molar-refractivity contribution in [3.8, 4) is 0 Å². The fourth-order valence-electron chi connectivity index (χ4n) is 1.85. The molecule has 0 unspecified atom stereocenters. The molecule has 0 bridgehead atoms. The summed E-state index contributed by atoms with van der Waals surface area (Å²) in [4.78, 5) is 22.4. The van der Waals surface area contributed by atoms with Gasteiger partial charge in [0.05, 0.1) is 5.54 Å². The molecule has 1 aromatic carbocycles. The molecule has 0 aromatic heterocycles. The molecule has 5 heteroatoms. The molecular weight excluding hydrogens is 206 g/mol. The molecule has 0 fully saturated rings. The van der Waals surface area contributed by atoms with Crippen molar-refractivity contribution >= 4 is 17.6 Å². The van der Waals surface area contributed by atoms with Crippen LogP contribution in [-0.2, 0) is 5.54 Å². The highest BCUT2D eigenvalue weighted by Gasteiger charge is 2.30. The van der Waals surface area contributed by atoms with Gasteiger partial charge in [0.15, 0.2) is 0 Å². The Bertz CT molecular complexity index is 480. The molecule has 0 saturated carbocycles. The number of hydrogen-bond acceptors (Lipinski definition) is 2. The number of carbonyl (C=O) groups excluding carboxylic acids is 2. The van der Waals surface area contributed by atoms with E-state index < -0.39 is 11.4 Å². The van der Waals surface area contributed by atoms with Crippen molar-refractivity contribution in [2.24, 2.45) is 5.73 Å². The van der Waals surface area contributed by atoms with Crippen molar-refractivity contribution in [3.05, 3.63) is 29.3 Å². The predicted molar refractivity (Wildman–Crippen MR) is 60.1 cm³/mol. The van der Waals surface area contributed by atoms with E-state index in [0.29, 0.717) is 11.3 Å². The molecule has 0 radical (unpaired) electrons. The molecule has 0 aliphatic carbocycles. The first-order valence-electron chi connectivity index (χ1n) is 4.93. The molecule has 1 heterocycles. The Morgan fingerprint density at radius 3 is 2.69 bits per heavy atom. The average molecular weight is 219 g/mol. The van der Waals surface area contributed by atoms with Crippen LogP contribution in [0.4, 0.5) is 10.5 Å². The largest absolute Gasteiger partial charge is 0.366 e. The van der Waals surface area contributed by atoms with E-state index >= 15 is 0 Å². The van der Waals surface area contributed by atoms with Crippen LogP contribution in [-0.4, -0.2) is 11.9 Å². The molecule has 1 aliphatic rings. The smallest absolute Gasteiger partial charge is 0.319 e. The quantitative estimate of drug-likeness (QED) is 0.662. The Morgan fingerprint density at radius 1 is 1.38 bits per heavy atom. The maximum atomic E-state index is 11.4. The second kappa shape index (κ2) is 3.23. The number of hydrogen-bond donors (Lipinski definition) is 3. The van der Waals surface area contributed by atoms with Gasteiger partial charge in [0.1, 0.15) is 0 Å². The molecule has 1 aromatic rings. The molecule has 4 N–H and O–H groups in total. The van der Waals surface area contributed by atoms with Crippen LogP contribution in [0.2, 0.25) is 0 Å². The van der Waals surface area contributed by atoms with Crippen molar-refractivity contribution in [1.29, 1.82) is 0 Å². The molecule has 5 nitrogen and oxygen atoms in total. The Hall–Kier alpha value is -2.04. The van der Waals surface area contributed by atoms with Crippen molar-refractivity contribution in [3.63, 3.8) is 0 Å². The monoisotopic (exact) mass is 219 g/mol. The summed E-state index contributed by atoms with van der Waals surface area (Å²) >= 11 is 0. The summed E-state index contributed by atoms with van der Waals surface area (Å²) < 4.78 is 0. The Morgan fingerprint density at radius 2 is 2.06 bits per heavy atom. The van der Waals surface area contributed by atoms with Gasteiger partial charge in [-0.05, 0) is 26.0 Å². The minimum atomic E-state index is -0.506. The van der Waals surface area contributed by atoms with E-state index in [1.54, 1.807) is 18.2 Å². The van der Waals surface area contributed by atoms with Crippen LogP contribution >= 0.6 is 0 Å². The fourth-order valence-corrected chi connectivity index (χ4v) is 1.85. The minimum absolute atomic E-state index is 0.279. The lowest BCUT2D eigenvalue weighted by Crippen LogP contribution is -2.47. The number of amides is 3. The molecular formula is C11H13N3O2. The van der Waals surface area contributed by atoms with E-state index in [1.165, 1.54) is 0 Å². The molecule has 16 heavy (non-hydrogen) atoms. The number of anilines is 1. The maximum absolute atomic E-state index is 11.4. The fraction of sp³-hybridized carbons (Fsp3) is 0.273. The molecule has 84 valence electrons. The minimum Gasteiger partial charge on any atom is -0.366 e. The van der Waals surface area contributed by atoms with Gasteiger partial charge in [0.25, 0.3) is 0 Å². The van der Waals surface area contributed by atoms with E-state index in [0.717, 1.165) is 5.56 Å². The summed E-state index contributed by atoms with van der Waals surface area (Å²) in [6.45, 7) is 3.79. The van der Waals surface area contributed by atoms with Crippen molar-refractivity contribution in [1.82, 2.24) is 5.32 Å². The first kappa shape index (κ1) is 10.5. The van der Waals surface area contributed by atoms with Gasteiger partial charge in [-0.25, -0.2) is 4.79 Å². The van der Waals surface area contributed by atoms with Crippen LogP contribution in [0.5, 0.6) is 0 Å². The molecule has 0 saturated heterocycles. The number of nitrogens with two attached hydrogens (primary N) is 1. The average Bonchev–Trinajstić information content (AvgIpc) is 2.14. The first-order valence-corrected chi connectivity index (χ1v) is 4.93. The molecule has 2 rings (SSSR count). The number of carbonyl (C=O) groups is 2. The molecule has 0 atom stereocenters. The highest BCUT2D eigenvalue weighted by molar-refractivity contribution is 5.98. The van der Waals surface area contributed by atoms with Gasteiger partial charge in [0.2, 0.25) is 5.91 Å². The lowest BCUT2D eigenvalue weighted by molar-refractivity contribution is 0.1000. The number of primary amides is 1. The van der Waals surface area contributed by atoms with Gasteiger partial charge in [0, 0.05) is 16.8 Å². The topological polar surface area (TPSA) is 84.2 Å². The molecule has 0 spiro atoms.